The molecule has 0 atom stereocenters. The van der Waals surface area contributed by atoms with Gasteiger partial charge in [-0.3, -0.25) is 4.79 Å². The maximum atomic E-state index is 11.9. The molecule has 0 amide bonds. The molecule has 0 spiro atoms. The van der Waals surface area contributed by atoms with Gasteiger partial charge in [0, 0.05) is 5.56 Å². The van der Waals surface area contributed by atoms with Crippen LogP contribution in [-0.4, -0.2) is 22.6 Å². The van der Waals surface area contributed by atoms with E-state index in [0.717, 1.165) is 12.1 Å². The van der Waals surface area contributed by atoms with Crippen LogP contribution in [0.1, 0.15) is 10.4 Å². The monoisotopic (exact) mass is 298 g/mol. The first kappa shape index (κ1) is 12.8. The number of hydrogen-bond acceptors (Lipinski definition) is 3. The summed E-state index contributed by atoms with van der Waals surface area (Å²) in [5, 5.41) is 9.08. The SMILES string of the molecule is O=C(CBr)c1ccc(O)c(OC(F)(F)F)c1. The number of carbonyl (C=O) groups excluding carboxylic acids is 1. The van der Waals surface area contributed by atoms with E-state index in [-0.39, 0.29) is 10.9 Å². The predicted molar refractivity (Wildman–Crippen MR) is 52.9 cm³/mol. The minimum Gasteiger partial charge on any atom is -0.504 e. The highest BCUT2D eigenvalue weighted by molar-refractivity contribution is 9.09. The summed E-state index contributed by atoms with van der Waals surface area (Å²) in [5.41, 5.74) is 0.0222. The zero-order valence-electron chi connectivity index (χ0n) is 7.71. The maximum Gasteiger partial charge on any atom is 0.573 e. The molecule has 0 unspecified atom stereocenters. The third-order valence-corrected chi connectivity index (χ3v) is 2.14. The van der Waals surface area contributed by atoms with Gasteiger partial charge in [-0.2, -0.15) is 0 Å². The average Bonchev–Trinajstić information content (AvgIpc) is 2.18. The van der Waals surface area contributed by atoms with Gasteiger partial charge in [0.2, 0.25) is 0 Å². The van der Waals surface area contributed by atoms with Gasteiger partial charge in [0.1, 0.15) is 0 Å². The highest BCUT2D eigenvalue weighted by atomic mass is 79.9. The van der Waals surface area contributed by atoms with E-state index in [2.05, 4.69) is 20.7 Å². The molecule has 0 saturated heterocycles. The van der Waals surface area contributed by atoms with Crippen molar-refractivity contribution in [3.05, 3.63) is 23.8 Å². The van der Waals surface area contributed by atoms with E-state index in [9.17, 15) is 18.0 Å². The fourth-order valence-electron chi connectivity index (χ4n) is 0.971. The van der Waals surface area contributed by atoms with Crippen LogP contribution in [0.2, 0.25) is 0 Å². The number of hydrogen-bond donors (Lipinski definition) is 1. The zero-order valence-corrected chi connectivity index (χ0v) is 9.30. The van der Waals surface area contributed by atoms with Gasteiger partial charge in [-0.1, -0.05) is 15.9 Å². The van der Waals surface area contributed by atoms with E-state index in [0.29, 0.717) is 0 Å². The van der Waals surface area contributed by atoms with Gasteiger partial charge < -0.3 is 9.84 Å². The summed E-state index contributed by atoms with van der Waals surface area (Å²) >= 11 is 2.88. The quantitative estimate of drug-likeness (QED) is 0.689. The first-order chi connectivity index (χ1) is 7.33. The Morgan fingerprint density at radius 2 is 2.06 bits per heavy atom. The first-order valence-electron chi connectivity index (χ1n) is 4.01. The molecule has 88 valence electrons. The number of phenolic OH excluding ortho intramolecular Hbond substituents is 1. The summed E-state index contributed by atoms with van der Waals surface area (Å²) in [6, 6.07) is 3.02. The third kappa shape index (κ3) is 3.41. The van der Waals surface area contributed by atoms with Crippen LogP contribution in [0.3, 0.4) is 0 Å². The molecule has 3 nitrogen and oxygen atoms in total. The van der Waals surface area contributed by atoms with Crippen molar-refractivity contribution in [2.75, 3.05) is 5.33 Å². The van der Waals surface area contributed by atoms with Gasteiger partial charge in [0.15, 0.2) is 17.3 Å². The summed E-state index contributed by atoms with van der Waals surface area (Å²) in [4.78, 5) is 11.2. The Morgan fingerprint density at radius 3 is 2.56 bits per heavy atom. The first-order valence-corrected chi connectivity index (χ1v) is 5.13. The van der Waals surface area contributed by atoms with Crippen molar-refractivity contribution in [1.82, 2.24) is 0 Å². The van der Waals surface area contributed by atoms with Crippen molar-refractivity contribution in [1.29, 1.82) is 0 Å². The van der Waals surface area contributed by atoms with Crippen LogP contribution in [0, 0.1) is 0 Å². The Hall–Kier alpha value is -1.24. The van der Waals surface area contributed by atoms with Crippen molar-refractivity contribution < 1.29 is 27.8 Å². The fraction of sp³-hybridized carbons (Fsp3) is 0.222. The number of ether oxygens (including phenoxy) is 1. The van der Waals surface area contributed by atoms with E-state index in [1.807, 2.05) is 0 Å². The number of rotatable bonds is 3. The smallest absolute Gasteiger partial charge is 0.504 e. The number of benzene rings is 1. The minimum absolute atomic E-state index is 0.0222. The molecular formula is C9H6BrF3O3. The normalized spacial score (nSPS) is 11.2. The summed E-state index contributed by atoms with van der Waals surface area (Å²) in [6.07, 6.45) is -4.91. The molecule has 16 heavy (non-hydrogen) atoms. The second kappa shape index (κ2) is 4.73. The van der Waals surface area contributed by atoms with E-state index in [4.69, 9.17) is 5.11 Å². The Bertz CT molecular complexity index is 403. The van der Waals surface area contributed by atoms with E-state index in [1.54, 1.807) is 0 Å². The molecule has 1 rings (SSSR count). The van der Waals surface area contributed by atoms with Crippen LogP contribution in [-0.2, 0) is 0 Å². The largest absolute Gasteiger partial charge is 0.573 e. The second-order valence-corrected chi connectivity index (χ2v) is 3.35. The molecule has 0 heterocycles. The number of carbonyl (C=O) groups is 1. The molecular weight excluding hydrogens is 293 g/mol. The van der Waals surface area contributed by atoms with Crippen LogP contribution >= 0.6 is 15.9 Å². The molecule has 1 aromatic carbocycles. The number of aromatic hydroxyl groups is 1. The van der Waals surface area contributed by atoms with Crippen LogP contribution in [0.5, 0.6) is 11.5 Å². The molecule has 0 aliphatic heterocycles. The predicted octanol–water partition coefficient (Wildman–Crippen LogP) is 2.87. The summed E-state index contributed by atoms with van der Waals surface area (Å²) in [6.45, 7) is 0. The van der Waals surface area contributed by atoms with E-state index < -0.39 is 23.6 Å². The van der Waals surface area contributed by atoms with Crippen molar-refractivity contribution in [3.8, 4) is 11.5 Å². The van der Waals surface area contributed by atoms with Crippen LogP contribution in [0.15, 0.2) is 18.2 Å². The number of phenols is 1. The van der Waals surface area contributed by atoms with Crippen LogP contribution < -0.4 is 4.74 Å². The highest BCUT2D eigenvalue weighted by Crippen LogP contribution is 2.32. The molecule has 1 aromatic rings. The van der Waals surface area contributed by atoms with Gasteiger partial charge in [0.05, 0.1) is 5.33 Å². The van der Waals surface area contributed by atoms with Gasteiger partial charge >= 0.3 is 6.36 Å². The van der Waals surface area contributed by atoms with Crippen molar-refractivity contribution in [3.63, 3.8) is 0 Å². The number of Topliss-reactive ketones (excluding diaryl/α,β-unsaturated/α-hetero) is 1. The molecule has 0 aromatic heterocycles. The lowest BCUT2D eigenvalue weighted by Gasteiger charge is -2.10. The Morgan fingerprint density at radius 1 is 1.44 bits per heavy atom. The van der Waals surface area contributed by atoms with Crippen molar-refractivity contribution in [2.45, 2.75) is 6.36 Å². The number of halogens is 4. The van der Waals surface area contributed by atoms with Crippen molar-refractivity contribution in [2.24, 2.45) is 0 Å². The molecule has 7 heteroatoms. The number of alkyl halides is 4. The fourth-order valence-corrected chi connectivity index (χ4v) is 1.29. The Kier molecular flexibility index (Phi) is 3.79. The van der Waals surface area contributed by atoms with Crippen LogP contribution in [0.25, 0.3) is 0 Å². The van der Waals surface area contributed by atoms with Crippen LogP contribution in [0.4, 0.5) is 13.2 Å². The van der Waals surface area contributed by atoms with Crippen molar-refractivity contribution >= 4 is 21.7 Å². The number of ketones is 1. The van der Waals surface area contributed by atoms with Gasteiger partial charge in [-0.05, 0) is 18.2 Å². The molecule has 0 radical (unpaired) electrons. The lowest BCUT2D eigenvalue weighted by Crippen LogP contribution is -2.17. The summed E-state index contributed by atoms with van der Waals surface area (Å²) in [7, 11) is 0. The second-order valence-electron chi connectivity index (χ2n) is 2.79. The van der Waals surface area contributed by atoms with Gasteiger partial charge in [-0.25, -0.2) is 0 Å². The molecule has 0 fully saturated rings. The standard InChI is InChI=1S/C9H6BrF3O3/c10-4-7(15)5-1-2-6(14)8(3-5)16-9(11,12)13/h1-3,14H,4H2. The highest BCUT2D eigenvalue weighted by Gasteiger charge is 2.32. The summed E-state index contributed by atoms with van der Waals surface area (Å²) in [5.74, 6) is -1.88. The summed E-state index contributed by atoms with van der Waals surface area (Å²) < 4.78 is 39.3. The molecule has 0 saturated carbocycles. The topological polar surface area (TPSA) is 46.5 Å². The lowest BCUT2D eigenvalue weighted by atomic mass is 10.1. The molecule has 0 aliphatic carbocycles. The van der Waals surface area contributed by atoms with E-state index in [1.165, 1.54) is 6.07 Å². The zero-order chi connectivity index (χ0) is 12.3. The Labute approximate surface area is 97.0 Å². The molecule has 1 N–H and O–H groups in total. The third-order valence-electron chi connectivity index (χ3n) is 1.63. The lowest BCUT2D eigenvalue weighted by molar-refractivity contribution is -0.275. The average molecular weight is 299 g/mol. The molecule has 0 bridgehead atoms. The molecule has 0 aliphatic rings. The maximum absolute atomic E-state index is 11.9. The van der Waals surface area contributed by atoms with E-state index >= 15 is 0 Å². The Balaban J connectivity index is 3.04. The van der Waals surface area contributed by atoms with Gasteiger partial charge in [-0.15, -0.1) is 13.2 Å². The minimum atomic E-state index is -4.91. The van der Waals surface area contributed by atoms with Gasteiger partial charge in [0.25, 0.3) is 0 Å².